The molecule has 3 N–H and O–H groups in total. The SMILES string of the molecule is Cc1cncc(NC(=O)c2ccc(F)cc2N)c1. The van der Waals surface area contributed by atoms with E-state index in [1.807, 2.05) is 6.92 Å². The zero-order valence-electron chi connectivity index (χ0n) is 9.77. The van der Waals surface area contributed by atoms with E-state index in [1.165, 1.54) is 18.3 Å². The van der Waals surface area contributed by atoms with Crippen LogP contribution in [-0.4, -0.2) is 10.9 Å². The number of anilines is 2. The lowest BCUT2D eigenvalue weighted by molar-refractivity contribution is 0.102. The zero-order valence-corrected chi connectivity index (χ0v) is 9.77. The number of aromatic nitrogens is 1. The molecule has 2 rings (SSSR count). The third-order valence-electron chi connectivity index (χ3n) is 2.39. The number of carbonyl (C=O) groups is 1. The Morgan fingerprint density at radius 3 is 2.78 bits per heavy atom. The lowest BCUT2D eigenvalue weighted by atomic mass is 10.1. The van der Waals surface area contributed by atoms with Gasteiger partial charge in [-0.15, -0.1) is 0 Å². The second kappa shape index (κ2) is 4.83. The van der Waals surface area contributed by atoms with Gasteiger partial charge in [0.25, 0.3) is 5.91 Å². The van der Waals surface area contributed by atoms with Crippen LogP contribution in [0.4, 0.5) is 15.8 Å². The van der Waals surface area contributed by atoms with Gasteiger partial charge in [-0.3, -0.25) is 9.78 Å². The smallest absolute Gasteiger partial charge is 0.257 e. The largest absolute Gasteiger partial charge is 0.398 e. The van der Waals surface area contributed by atoms with E-state index in [1.54, 1.807) is 12.3 Å². The normalized spacial score (nSPS) is 10.1. The summed E-state index contributed by atoms with van der Waals surface area (Å²) in [5.74, 6) is -0.860. The number of halogens is 1. The van der Waals surface area contributed by atoms with E-state index in [2.05, 4.69) is 10.3 Å². The third-order valence-corrected chi connectivity index (χ3v) is 2.39. The van der Waals surface area contributed by atoms with Crippen molar-refractivity contribution < 1.29 is 9.18 Å². The van der Waals surface area contributed by atoms with E-state index < -0.39 is 5.82 Å². The van der Waals surface area contributed by atoms with Gasteiger partial charge in [-0.1, -0.05) is 0 Å². The Hall–Kier alpha value is -2.43. The van der Waals surface area contributed by atoms with Gasteiger partial charge in [0.1, 0.15) is 5.82 Å². The van der Waals surface area contributed by atoms with E-state index in [0.717, 1.165) is 11.6 Å². The van der Waals surface area contributed by atoms with Gasteiger partial charge in [-0.05, 0) is 36.8 Å². The molecule has 0 aliphatic carbocycles. The summed E-state index contributed by atoms with van der Waals surface area (Å²) in [7, 11) is 0. The van der Waals surface area contributed by atoms with Crippen LogP contribution in [0.15, 0.2) is 36.7 Å². The van der Waals surface area contributed by atoms with E-state index in [9.17, 15) is 9.18 Å². The minimum atomic E-state index is -0.471. The number of hydrogen-bond donors (Lipinski definition) is 2. The first-order chi connectivity index (χ1) is 8.56. The van der Waals surface area contributed by atoms with Gasteiger partial charge in [0.15, 0.2) is 0 Å². The highest BCUT2D eigenvalue weighted by atomic mass is 19.1. The molecule has 4 nitrogen and oxygen atoms in total. The van der Waals surface area contributed by atoms with Crippen molar-refractivity contribution in [2.24, 2.45) is 0 Å². The van der Waals surface area contributed by atoms with Crippen LogP contribution in [0.3, 0.4) is 0 Å². The Labute approximate surface area is 104 Å². The van der Waals surface area contributed by atoms with E-state index in [0.29, 0.717) is 5.69 Å². The van der Waals surface area contributed by atoms with E-state index in [4.69, 9.17) is 5.73 Å². The molecule has 0 saturated carbocycles. The molecule has 92 valence electrons. The minimum Gasteiger partial charge on any atom is -0.398 e. The van der Waals surface area contributed by atoms with Crippen LogP contribution in [0.25, 0.3) is 0 Å². The fourth-order valence-electron chi connectivity index (χ4n) is 1.56. The Kier molecular flexibility index (Phi) is 3.23. The summed E-state index contributed by atoms with van der Waals surface area (Å²) in [6.45, 7) is 1.87. The molecule has 18 heavy (non-hydrogen) atoms. The van der Waals surface area contributed by atoms with Crippen LogP contribution < -0.4 is 11.1 Å². The van der Waals surface area contributed by atoms with Crippen molar-refractivity contribution >= 4 is 17.3 Å². The number of amides is 1. The molecule has 0 fully saturated rings. The van der Waals surface area contributed by atoms with Gasteiger partial charge in [0.05, 0.1) is 17.4 Å². The molecule has 1 amide bonds. The van der Waals surface area contributed by atoms with Crippen molar-refractivity contribution in [1.82, 2.24) is 4.98 Å². The molecule has 1 aromatic carbocycles. The topological polar surface area (TPSA) is 68.0 Å². The van der Waals surface area contributed by atoms with Crippen molar-refractivity contribution in [1.29, 1.82) is 0 Å². The number of pyridine rings is 1. The number of carbonyl (C=O) groups excluding carboxylic acids is 1. The monoisotopic (exact) mass is 245 g/mol. The maximum atomic E-state index is 12.9. The molecule has 0 saturated heterocycles. The standard InChI is InChI=1S/C13H12FN3O/c1-8-4-10(7-16-6-8)17-13(18)11-3-2-9(14)5-12(11)15/h2-7H,15H2,1H3,(H,17,18). The second-order valence-corrected chi connectivity index (χ2v) is 3.94. The first kappa shape index (κ1) is 12.0. The fraction of sp³-hybridized carbons (Fsp3) is 0.0769. The number of benzene rings is 1. The van der Waals surface area contributed by atoms with Crippen LogP contribution in [-0.2, 0) is 0 Å². The first-order valence-corrected chi connectivity index (χ1v) is 5.34. The lowest BCUT2D eigenvalue weighted by Gasteiger charge is -2.07. The zero-order chi connectivity index (χ0) is 13.1. The highest BCUT2D eigenvalue weighted by Crippen LogP contribution is 2.16. The second-order valence-electron chi connectivity index (χ2n) is 3.94. The molecular formula is C13H12FN3O. The van der Waals surface area contributed by atoms with Crippen molar-refractivity contribution in [2.75, 3.05) is 11.1 Å². The number of nitrogens with zero attached hydrogens (tertiary/aromatic N) is 1. The van der Waals surface area contributed by atoms with Crippen molar-refractivity contribution in [3.05, 3.63) is 53.6 Å². The Morgan fingerprint density at radius 1 is 1.33 bits per heavy atom. The Bertz CT molecular complexity index is 599. The molecular weight excluding hydrogens is 233 g/mol. The van der Waals surface area contributed by atoms with Crippen LogP contribution in [0.5, 0.6) is 0 Å². The number of nitrogens with two attached hydrogens (primary N) is 1. The van der Waals surface area contributed by atoms with Gasteiger partial charge in [-0.25, -0.2) is 4.39 Å². The molecule has 1 heterocycles. The molecule has 0 spiro atoms. The number of hydrogen-bond acceptors (Lipinski definition) is 3. The molecule has 0 atom stereocenters. The number of aryl methyl sites for hydroxylation is 1. The molecule has 2 aromatic rings. The predicted octanol–water partition coefficient (Wildman–Crippen LogP) is 2.36. The first-order valence-electron chi connectivity index (χ1n) is 5.34. The Morgan fingerprint density at radius 2 is 2.11 bits per heavy atom. The van der Waals surface area contributed by atoms with Gasteiger partial charge in [-0.2, -0.15) is 0 Å². The molecule has 5 heteroatoms. The summed E-state index contributed by atoms with van der Waals surface area (Å²) < 4.78 is 12.9. The maximum Gasteiger partial charge on any atom is 0.257 e. The third kappa shape index (κ3) is 2.63. The van der Waals surface area contributed by atoms with Crippen LogP contribution >= 0.6 is 0 Å². The average Bonchev–Trinajstić information content (AvgIpc) is 2.28. The molecule has 0 aliphatic heterocycles. The summed E-state index contributed by atoms with van der Waals surface area (Å²) in [5.41, 5.74) is 7.43. The highest BCUT2D eigenvalue weighted by molar-refractivity contribution is 6.07. The van der Waals surface area contributed by atoms with Crippen molar-refractivity contribution in [3.63, 3.8) is 0 Å². The molecule has 1 aromatic heterocycles. The van der Waals surface area contributed by atoms with E-state index >= 15 is 0 Å². The molecule has 0 radical (unpaired) electrons. The van der Waals surface area contributed by atoms with Crippen LogP contribution in [0.1, 0.15) is 15.9 Å². The average molecular weight is 245 g/mol. The van der Waals surface area contributed by atoms with Gasteiger partial charge in [0, 0.05) is 11.9 Å². The lowest BCUT2D eigenvalue weighted by Crippen LogP contribution is -2.14. The summed E-state index contributed by atoms with van der Waals surface area (Å²) >= 11 is 0. The van der Waals surface area contributed by atoms with Crippen LogP contribution in [0.2, 0.25) is 0 Å². The van der Waals surface area contributed by atoms with Crippen molar-refractivity contribution in [3.8, 4) is 0 Å². The van der Waals surface area contributed by atoms with E-state index in [-0.39, 0.29) is 17.2 Å². The maximum absolute atomic E-state index is 12.9. The number of nitrogens with one attached hydrogen (secondary N) is 1. The fourth-order valence-corrected chi connectivity index (χ4v) is 1.56. The van der Waals surface area contributed by atoms with Gasteiger partial charge < -0.3 is 11.1 Å². The molecule has 0 aliphatic rings. The van der Waals surface area contributed by atoms with Crippen molar-refractivity contribution in [2.45, 2.75) is 6.92 Å². The summed E-state index contributed by atoms with van der Waals surface area (Å²) in [4.78, 5) is 15.9. The number of rotatable bonds is 2. The minimum absolute atomic E-state index is 0.105. The summed E-state index contributed by atoms with van der Waals surface area (Å²) in [6.07, 6.45) is 3.21. The number of nitrogen functional groups attached to an aromatic ring is 1. The predicted molar refractivity (Wildman–Crippen MR) is 67.7 cm³/mol. The summed E-state index contributed by atoms with van der Waals surface area (Å²) in [6, 6.07) is 5.44. The van der Waals surface area contributed by atoms with Crippen LogP contribution in [0, 0.1) is 12.7 Å². The highest BCUT2D eigenvalue weighted by Gasteiger charge is 2.10. The summed E-state index contributed by atoms with van der Waals surface area (Å²) in [5, 5.41) is 2.66. The van der Waals surface area contributed by atoms with Gasteiger partial charge in [0.2, 0.25) is 0 Å². The quantitative estimate of drug-likeness (QED) is 0.798. The molecule has 0 bridgehead atoms. The van der Waals surface area contributed by atoms with Gasteiger partial charge >= 0.3 is 0 Å². The Balaban J connectivity index is 2.22. The molecule has 0 unspecified atom stereocenters.